The molecule has 254 valence electrons. The van der Waals surface area contributed by atoms with Gasteiger partial charge in [-0.1, -0.05) is 90.1 Å². The van der Waals surface area contributed by atoms with E-state index in [2.05, 4.69) is 81.7 Å². The van der Waals surface area contributed by atoms with Crippen LogP contribution in [0.15, 0.2) is 88.7 Å². The number of rotatable bonds is 7. The number of nitrogens with zero attached hydrogens (tertiary/aromatic N) is 1. The van der Waals surface area contributed by atoms with Crippen molar-refractivity contribution >= 4 is 64.2 Å². The van der Waals surface area contributed by atoms with E-state index in [1.807, 2.05) is 29.6 Å². The Morgan fingerprint density at radius 3 is 1.59 bits per heavy atom. The smallest absolute Gasteiger partial charge is 0.335 e. The van der Waals surface area contributed by atoms with Gasteiger partial charge in [0.25, 0.3) is 0 Å². The fourth-order valence-electron chi connectivity index (χ4n) is 4.57. The van der Waals surface area contributed by atoms with Crippen LogP contribution in [-0.2, 0) is 10.8 Å². The van der Waals surface area contributed by atoms with Gasteiger partial charge in [-0.25, -0.2) is 4.79 Å². The minimum absolute atomic E-state index is 0.0737. The Labute approximate surface area is 299 Å². The number of thiocarbonyl (C=S) groups is 1. The highest BCUT2D eigenvalue weighted by atomic mass is 32.1. The van der Waals surface area contributed by atoms with E-state index in [9.17, 15) is 19.8 Å². The van der Waals surface area contributed by atoms with Crippen LogP contribution >= 0.6 is 34.9 Å². The molecule has 0 spiro atoms. The Morgan fingerprint density at radius 1 is 0.735 bits per heavy atom. The fourth-order valence-corrected chi connectivity index (χ4v) is 6.58. The van der Waals surface area contributed by atoms with E-state index in [1.165, 1.54) is 52.1 Å². The fraction of sp³-hybridized carbons (Fsp3) is 0.211. The first kappa shape index (κ1) is 37.0. The van der Waals surface area contributed by atoms with Crippen LogP contribution in [0.3, 0.4) is 0 Å². The van der Waals surface area contributed by atoms with Gasteiger partial charge in [0.1, 0.15) is 11.5 Å². The lowest BCUT2D eigenvalue weighted by Crippen LogP contribution is -2.23. The Morgan fingerprint density at radius 2 is 1.18 bits per heavy atom. The minimum atomic E-state index is -0.989. The van der Waals surface area contributed by atoms with E-state index >= 15 is 0 Å². The summed E-state index contributed by atoms with van der Waals surface area (Å²) in [4.78, 5) is 23.1. The molecule has 0 aliphatic carbocycles. The Balaban J connectivity index is 0.000000254. The summed E-state index contributed by atoms with van der Waals surface area (Å²) in [6.45, 7) is 13.0. The Kier molecular flexibility index (Phi) is 11.8. The number of benzene rings is 3. The van der Waals surface area contributed by atoms with Crippen LogP contribution < -0.4 is 10.7 Å². The number of carbonyl (C=O) groups excluding carboxylic acids is 1. The highest BCUT2D eigenvalue weighted by molar-refractivity contribution is 7.80. The zero-order chi connectivity index (χ0) is 35.9. The second kappa shape index (κ2) is 15.6. The second-order valence-corrected chi connectivity index (χ2v) is 15.4. The molecule has 5 rings (SSSR count). The predicted octanol–water partition coefficient (Wildman–Crippen LogP) is 9.67. The van der Waals surface area contributed by atoms with Gasteiger partial charge in [0.05, 0.1) is 27.1 Å². The molecule has 0 atom stereocenters. The number of anilines is 1. The van der Waals surface area contributed by atoms with E-state index in [4.69, 9.17) is 17.3 Å². The van der Waals surface area contributed by atoms with Crippen LogP contribution in [0, 0.1) is 0 Å². The maximum Gasteiger partial charge on any atom is 0.335 e. The third-order valence-corrected chi connectivity index (χ3v) is 9.76. The zero-order valence-corrected chi connectivity index (χ0v) is 30.5. The standard InChI is InChI=1S/C23H23N3O3S2.C15H16O2S/c1-23(2,3)17-8-4-14(5-9-17)20-19(27)16(13-31-20)12-24-26-22(30)25-18-10-6-15(7-11-18)21(28)29;1-15(2,3)12-6-4-10(5-7-12)14-13(17)11(8-16)9-18-14/h4-13,27H,1-3H3,(H,28,29)(H2,25,26,30);4-9,17H,1-3H3. The molecular formula is C38H39N3O5S3. The topological polar surface area (TPSA) is 131 Å². The number of carbonyl (C=O) groups is 2. The zero-order valence-electron chi connectivity index (χ0n) is 28.1. The van der Waals surface area contributed by atoms with Crippen molar-refractivity contribution in [1.29, 1.82) is 0 Å². The van der Waals surface area contributed by atoms with E-state index in [1.54, 1.807) is 17.5 Å². The molecule has 3 aromatic carbocycles. The molecule has 0 saturated carbocycles. The first-order chi connectivity index (χ1) is 23.1. The van der Waals surface area contributed by atoms with E-state index in [0.717, 1.165) is 20.9 Å². The molecule has 8 nitrogen and oxygen atoms in total. The Hall–Kier alpha value is -4.84. The number of hydrogen-bond acceptors (Lipinski definition) is 8. The molecule has 2 heterocycles. The van der Waals surface area contributed by atoms with Gasteiger partial charge in [0.2, 0.25) is 0 Å². The van der Waals surface area contributed by atoms with Gasteiger partial charge in [0, 0.05) is 22.0 Å². The maximum atomic E-state index is 10.9. The number of carboxylic acids is 1. The van der Waals surface area contributed by atoms with Gasteiger partial charge < -0.3 is 20.6 Å². The average molecular weight is 714 g/mol. The average Bonchev–Trinajstić information content (AvgIpc) is 3.62. The van der Waals surface area contributed by atoms with Crippen molar-refractivity contribution < 1.29 is 24.9 Å². The molecule has 2 aromatic heterocycles. The molecule has 5 N–H and O–H groups in total. The third kappa shape index (κ3) is 9.62. The quantitative estimate of drug-likeness (QED) is 0.0488. The van der Waals surface area contributed by atoms with Gasteiger partial charge >= 0.3 is 5.97 Å². The monoisotopic (exact) mass is 713 g/mol. The van der Waals surface area contributed by atoms with Gasteiger partial charge in [-0.15, -0.1) is 22.7 Å². The summed E-state index contributed by atoms with van der Waals surface area (Å²) in [5, 5.41) is 40.1. The van der Waals surface area contributed by atoms with Crippen LogP contribution in [0.5, 0.6) is 11.5 Å². The number of thiophene rings is 2. The summed E-state index contributed by atoms with van der Waals surface area (Å²) in [6, 6.07) is 22.5. The second-order valence-electron chi connectivity index (χ2n) is 13.2. The van der Waals surface area contributed by atoms with Crippen molar-refractivity contribution in [1.82, 2.24) is 5.43 Å². The summed E-state index contributed by atoms with van der Waals surface area (Å²) in [5.74, 6) is -0.738. The maximum absolute atomic E-state index is 10.9. The van der Waals surface area contributed by atoms with E-state index < -0.39 is 5.97 Å². The SMILES string of the molecule is CC(C)(C)c1ccc(-c2scc(C=NNC(=S)Nc3ccc(C(=O)O)cc3)c2O)cc1.CC(C)(C)c1ccc(-c2scc(C=O)c2O)cc1. The molecule has 0 bridgehead atoms. The number of hydrogen-bond donors (Lipinski definition) is 5. The first-order valence-electron chi connectivity index (χ1n) is 15.3. The van der Waals surface area contributed by atoms with Gasteiger partial charge in [0.15, 0.2) is 11.4 Å². The number of carboxylic acid groups (broad SMARTS) is 1. The molecule has 0 aliphatic heterocycles. The van der Waals surface area contributed by atoms with Crippen molar-refractivity contribution in [2.24, 2.45) is 5.10 Å². The van der Waals surface area contributed by atoms with Crippen LogP contribution in [0.2, 0.25) is 0 Å². The van der Waals surface area contributed by atoms with E-state index in [0.29, 0.717) is 23.1 Å². The lowest BCUT2D eigenvalue weighted by molar-refractivity contribution is 0.0696. The summed E-state index contributed by atoms with van der Waals surface area (Å²) >= 11 is 8.01. The van der Waals surface area contributed by atoms with Gasteiger partial charge in [-0.05, 0) is 69.6 Å². The molecule has 11 heteroatoms. The lowest BCUT2D eigenvalue weighted by Gasteiger charge is -2.19. The first-order valence-corrected chi connectivity index (χ1v) is 17.5. The van der Waals surface area contributed by atoms with Crippen molar-refractivity contribution in [2.45, 2.75) is 52.4 Å². The number of nitrogens with one attached hydrogen (secondary N) is 2. The lowest BCUT2D eigenvalue weighted by atomic mass is 9.86. The van der Waals surface area contributed by atoms with Gasteiger partial charge in [-0.3, -0.25) is 10.2 Å². The van der Waals surface area contributed by atoms with Crippen molar-refractivity contribution in [2.75, 3.05) is 5.32 Å². The molecule has 5 aromatic rings. The summed E-state index contributed by atoms with van der Waals surface area (Å²) in [7, 11) is 0. The number of hydrazone groups is 1. The van der Waals surface area contributed by atoms with Crippen molar-refractivity contribution in [3.05, 3.63) is 111 Å². The molecule has 0 amide bonds. The van der Waals surface area contributed by atoms with Crippen LogP contribution in [0.4, 0.5) is 5.69 Å². The van der Waals surface area contributed by atoms with Crippen molar-refractivity contribution in [3.8, 4) is 32.4 Å². The number of aromatic hydroxyl groups is 2. The molecule has 0 fully saturated rings. The number of aldehydes is 1. The molecule has 0 unspecified atom stereocenters. The molecule has 0 saturated heterocycles. The van der Waals surface area contributed by atoms with Crippen LogP contribution in [-0.4, -0.2) is 38.9 Å². The van der Waals surface area contributed by atoms with Crippen molar-refractivity contribution in [3.63, 3.8) is 0 Å². The third-order valence-electron chi connectivity index (χ3n) is 7.50. The Bertz CT molecular complexity index is 1950. The molecular weight excluding hydrogens is 675 g/mol. The highest BCUT2D eigenvalue weighted by Crippen LogP contribution is 2.39. The predicted molar refractivity (Wildman–Crippen MR) is 206 cm³/mol. The highest BCUT2D eigenvalue weighted by Gasteiger charge is 2.17. The van der Waals surface area contributed by atoms with Gasteiger partial charge in [-0.2, -0.15) is 5.10 Å². The van der Waals surface area contributed by atoms with Crippen LogP contribution in [0.25, 0.3) is 20.9 Å². The largest absolute Gasteiger partial charge is 0.506 e. The molecule has 49 heavy (non-hydrogen) atoms. The minimum Gasteiger partial charge on any atom is -0.506 e. The van der Waals surface area contributed by atoms with E-state index in [-0.39, 0.29) is 33.0 Å². The summed E-state index contributed by atoms with van der Waals surface area (Å²) in [5.41, 5.74) is 9.02. The normalized spacial score (nSPS) is 11.5. The molecule has 0 radical (unpaired) electrons. The summed E-state index contributed by atoms with van der Waals surface area (Å²) < 4.78 is 0. The van der Waals surface area contributed by atoms with Crippen LogP contribution in [0.1, 0.15) is 78.9 Å². The molecule has 0 aliphatic rings. The number of aromatic carboxylic acids is 1. The summed E-state index contributed by atoms with van der Waals surface area (Å²) in [6.07, 6.45) is 2.18.